The van der Waals surface area contributed by atoms with Gasteiger partial charge in [0.1, 0.15) is 11.5 Å². The zero-order valence-corrected chi connectivity index (χ0v) is 10.8. The van der Waals surface area contributed by atoms with Crippen molar-refractivity contribution in [3.8, 4) is 0 Å². The molecular formula is C13H19NO3. The third kappa shape index (κ3) is 2.22. The van der Waals surface area contributed by atoms with Crippen molar-refractivity contribution in [1.82, 2.24) is 4.90 Å². The van der Waals surface area contributed by atoms with Gasteiger partial charge in [-0.05, 0) is 33.8 Å². The van der Waals surface area contributed by atoms with Crippen molar-refractivity contribution in [2.45, 2.75) is 39.8 Å². The van der Waals surface area contributed by atoms with Crippen LogP contribution in [-0.2, 0) is 4.74 Å². The van der Waals surface area contributed by atoms with Gasteiger partial charge in [0.15, 0.2) is 0 Å². The van der Waals surface area contributed by atoms with Crippen molar-refractivity contribution in [1.29, 1.82) is 0 Å². The molecule has 1 aliphatic rings. The van der Waals surface area contributed by atoms with Gasteiger partial charge in [0, 0.05) is 0 Å². The summed E-state index contributed by atoms with van der Waals surface area (Å²) in [6.45, 7) is 8.91. The molecule has 1 aliphatic heterocycles. The number of nitrogens with zero attached hydrogens (tertiary/aromatic N) is 1. The average molecular weight is 237 g/mol. The van der Waals surface area contributed by atoms with E-state index in [4.69, 9.17) is 9.15 Å². The van der Waals surface area contributed by atoms with Gasteiger partial charge in [-0.15, -0.1) is 0 Å². The van der Waals surface area contributed by atoms with Crippen LogP contribution in [0.3, 0.4) is 0 Å². The van der Waals surface area contributed by atoms with E-state index < -0.39 is 0 Å². The van der Waals surface area contributed by atoms with E-state index >= 15 is 0 Å². The van der Waals surface area contributed by atoms with Gasteiger partial charge in [-0.3, -0.25) is 4.79 Å². The molecule has 0 aliphatic carbocycles. The van der Waals surface area contributed by atoms with Crippen LogP contribution in [-0.4, -0.2) is 36.1 Å². The van der Waals surface area contributed by atoms with Crippen LogP contribution in [0.5, 0.6) is 0 Å². The highest BCUT2D eigenvalue weighted by atomic mass is 16.5. The second kappa shape index (κ2) is 4.53. The summed E-state index contributed by atoms with van der Waals surface area (Å²) in [5.74, 6) is 1.51. The van der Waals surface area contributed by atoms with Gasteiger partial charge in [0.25, 0.3) is 5.91 Å². The topological polar surface area (TPSA) is 42.7 Å². The molecule has 17 heavy (non-hydrogen) atoms. The Kier molecular flexibility index (Phi) is 3.24. The lowest BCUT2D eigenvalue weighted by Gasteiger charge is -2.38. The molecule has 0 aromatic carbocycles. The Morgan fingerprint density at radius 2 is 1.88 bits per heavy atom. The molecule has 2 atom stereocenters. The maximum atomic E-state index is 12.5. The molecule has 1 saturated heterocycles. The summed E-state index contributed by atoms with van der Waals surface area (Å²) in [6.07, 6.45) is 0. The molecule has 1 aromatic heterocycles. The second-order valence-corrected chi connectivity index (χ2v) is 4.77. The minimum absolute atomic E-state index is 0.0441. The summed E-state index contributed by atoms with van der Waals surface area (Å²) in [7, 11) is 0. The molecular weight excluding hydrogens is 218 g/mol. The predicted octanol–water partition coefficient (Wildman–Crippen LogP) is 2.15. The minimum atomic E-state index is 0.0441. The van der Waals surface area contributed by atoms with Crippen LogP contribution in [0.1, 0.15) is 35.7 Å². The molecule has 0 saturated carbocycles. The molecule has 0 unspecified atom stereocenters. The van der Waals surface area contributed by atoms with Gasteiger partial charge in [-0.25, -0.2) is 0 Å². The van der Waals surface area contributed by atoms with Crippen molar-refractivity contribution in [2.24, 2.45) is 0 Å². The second-order valence-electron chi connectivity index (χ2n) is 4.77. The number of hydrogen-bond donors (Lipinski definition) is 0. The Balaban J connectivity index is 2.27. The van der Waals surface area contributed by atoms with Crippen molar-refractivity contribution in [2.75, 3.05) is 13.2 Å². The lowest BCUT2D eigenvalue weighted by atomic mass is 10.1. The fourth-order valence-electron chi connectivity index (χ4n) is 2.39. The molecule has 0 bridgehead atoms. The minimum Gasteiger partial charge on any atom is -0.466 e. The van der Waals surface area contributed by atoms with E-state index in [1.54, 1.807) is 0 Å². The van der Waals surface area contributed by atoms with Crippen LogP contribution < -0.4 is 0 Å². The molecule has 2 rings (SSSR count). The number of morpholine rings is 1. The van der Waals surface area contributed by atoms with Crippen LogP contribution in [0.4, 0.5) is 0 Å². The molecule has 0 radical (unpaired) electrons. The molecule has 2 heterocycles. The van der Waals surface area contributed by atoms with Gasteiger partial charge < -0.3 is 14.1 Å². The summed E-state index contributed by atoms with van der Waals surface area (Å²) in [5, 5.41) is 0. The lowest BCUT2D eigenvalue weighted by molar-refractivity contribution is -0.0250. The van der Waals surface area contributed by atoms with E-state index in [2.05, 4.69) is 0 Å². The number of carbonyl (C=O) groups excluding carboxylic acids is 1. The smallest absolute Gasteiger partial charge is 0.258 e. The van der Waals surface area contributed by atoms with Crippen molar-refractivity contribution in [3.63, 3.8) is 0 Å². The Bertz CT molecular complexity index is 414. The monoisotopic (exact) mass is 237 g/mol. The Morgan fingerprint density at radius 1 is 1.29 bits per heavy atom. The predicted molar refractivity (Wildman–Crippen MR) is 64.1 cm³/mol. The normalized spacial score (nSPS) is 25.1. The van der Waals surface area contributed by atoms with E-state index in [-0.39, 0.29) is 18.0 Å². The first-order valence-corrected chi connectivity index (χ1v) is 5.98. The van der Waals surface area contributed by atoms with Crippen LogP contribution in [0, 0.1) is 13.8 Å². The molecule has 4 heteroatoms. The van der Waals surface area contributed by atoms with Crippen molar-refractivity contribution >= 4 is 5.91 Å². The molecule has 0 spiro atoms. The Labute approximate surface area is 102 Å². The lowest BCUT2D eigenvalue weighted by Crippen LogP contribution is -2.52. The van der Waals surface area contributed by atoms with Crippen LogP contribution in [0.25, 0.3) is 0 Å². The van der Waals surface area contributed by atoms with E-state index in [9.17, 15) is 4.79 Å². The fraction of sp³-hybridized carbons (Fsp3) is 0.615. The highest BCUT2D eigenvalue weighted by molar-refractivity contribution is 5.95. The van der Waals surface area contributed by atoms with E-state index in [0.717, 1.165) is 5.76 Å². The first-order valence-electron chi connectivity index (χ1n) is 5.98. The Morgan fingerprint density at radius 3 is 2.35 bits per heavy atom. The van der Waals surface area contributed by atoms with E-state index in [1.807, 2.05) is 38.7 Å². The maximum Gasteiger partial charge on any atom is 0.258 e. The van der Waals surface area contributed by atoms with E-state index in [1.165, 1.54) is 0 Å². The standard InChI is InChI=1S/C13H19NO3/c1-8-6-16-7-9(2)14(8)13(15)12-5-10(3)17-11(12)4/h5,8-9H,6-7H2,1-4H3/t8-,9+. The van der Waals surface area contributed by atoms with Crippen LogP contribution >= 0.6 is 0 Å². The van der Waals surface area contributed by atoms with Gasteiger partial charge in [0.05, 0.1) is 30.9 Å². The SMILES string of the molecule is Cc1cc(C(=O)N2[C@H](C)COC[C@@H]2C)c(C)o1. The molecule has 1 fully saturated rings. The number of aryl methyl sites for hydroxylation is 2. The number of amides is 1. The summed E-state index contributed by atoms with van der Waals surface area (Å²) < 4.78 is 10.8. The maximum absolute atomic E-state index is 12.5. The third-order valence-corrected chi connectivity index (χ3v) is 3.17. The van der Waals surface area contributed by atoms with Crippen molar-refractivity contribution < 1.29 is 13.9 Å². The summed E-state index contributed by atoms with van der Waals surface area (Å²) in [4.78, 5) is 14.4. The zero-order chi connectivity index (χ0) is 12.6. The number of furan rings is 1. The number of rotatable bonds is 1. The highest BCUT2D eigenvalue weighted by Gasteiger charge is 2.31. The average Bonchev–Trinajstić information content (AvgIpc) is 2.57. The zero-order valence-electron chi connectivity index (χ0n) is 10.8. The largest absolute Gasteiger partial charge is 0.466 e. The Hall–Kier alpha value is -1.29. The van der Waals surface area contributed by atoms with Gasteiger partial charge in [0.2, 0.25) is 0 Å². The number of carbonyl (C=O) groups is 1. The van der Waals surface area contributed by atoms with E-state index in [0.29, 0.717) is 24.5 Å². The summed E-state index contributed by atoms with van der Waals surface area (Å²) >= 11 is 0. The van der Waals surface area contributed by atoms with Gasteiger partial charge >= 0.3 is 0 Å². The number of hydrogen-bond acceptors (Lipinski definition) is 3. The quantitative estimate of drug-likeness (QED) is 0.751. The number of ether oxygens (including phenoxy) is 1. The van der Waals surface area contributed by atoms with Gasteiger partial charge in [-0.2, -0.15) is 0 Å². The fourth-order valence-corrected chi connectivity index (χ4v) is 2.39. The molecule has 1 amide bonds. The molecule has 4 nitrogen and oxygen atoms in total. The van der Waals surface area contributed by atoms with Crippen molar-refractivity contribution in [3.05, 3.63) is 23.2 Å². The van der Waals surface area contributed by atoms with Gasteiger partial charge in [-0.1, -0.05) is 0 Å². The third-order valence-electron chi connectivity index (χ3n) is 3.17. The highest BCUT2D eigenvalue weighted by Crippen LogP contribution is 2.21. The summed E-state index contributed by atoms with van der Waals surface area (Å²) in [6, 6.07) is 2.04. The summed E-state index contributed by atoms with van der Waals surface area (Å²) in [5.41, 5.74) is 0.670. The van der Waals surface area contributed by atoms with Crippen LogP contribution in [0.15, 0.2) is 10.5 Å². The first kappa shape index (κ1) is 12.2. The first-order chi connectivity index (χ1) is 8.00. The molecule has 0 N–H and O–H groups in total. The van der Waals surface area contributed by atoms with Crippen LogP contribution in [0.2, 0.25) is 0 Å². The molecule has 1 aromatic rings. The molecule has 94 valence electrons.